The molecule has 1 aromatic carbocycles. The van der Waals surface area contributed by atoms with Crippen molar-refractivity contribution in [2.24, 2.45) is 0 Å². The van der Waals surface area contributed by atoms with Gasteiger partial charge in [0.15, 0.2) is 9.84 Å². The Kier molecular flexibility index (Phi) is 5.59. The van der Waals surface area contributed by atoms with E-state index in [1.54, 1.807) is 10.7 Å². The molecule has 2 aromatic heterocycles. The molecule has 0 spiro atoms. The molecule has 1 aliphatic rings. The van der Waals surface area contributed by atoms with E-state index in [2.05, 4.69) is 25.1 Å². The van der Waals surface area contributed by atoms with Crippen LogP contribution in [0.2, 0.25) is 0 Å². The second kappa shape index (κ2) is 8.30. The zero-order chi connectivity index (χ0) is 20.3. The Morgan fingerprint density at radius 3 is 2.41 bits per heavy atom. The topological polar surface area (TPSA) is 84.2 Å². The molecule has 1 fully saturated rings. The van der Waals surface area contributed by atoms with E-state index >= 15 is 0 Å². The molecule has 4 rings (SSSR count). The lowest BCUT2D eigenvalue weighted by molar-refractivity contribution is 0.246. The number of benzene rings is 1. The number of para-hydroxylation sites is 1. The summed E-state index contributed by atoms with van der Waals surface area (Å²) in [4.78, 5) is 9.07. The van der Waals surface area contributed by atoms with E-state index in [1.165, 1.54) is 6.26 Å². The number of nitrogens with zero attached hydrogens (tertiary/aromatic N) is 6. The third-order valence-electron chi connectivity index (χ3n) is 4.85. The second-order valence-corrected chi connectivity index (χ2v) is 9.45. The van der Waals surface area contributed by atoms with Gasteiger partial charge in [0.1, 0.15) is 5.82 Å². The fourth-order valence-corrected chi connectivity index (χ4v) is 4.13. The molecular weight excluding hydrogens is 388 g/mol. The molecule has 29 heavy (non-hydrogen) atoms. The number of hydrogen-bond acceptors (Lipinski definition) is 7. The van der Waals surface area contributed by atoms with Crippen molar-refractivity contribution in [3.63, 3.8) is 0 Å². The van der Waals surface area contributed by atoms with Crippen LogP contribution in [-0.4, -0.2) is 65.7 Å². The summed E-state index contributed by atoms with van der Waals surface area (Å²) in [5.41, 5.74) is 2.52. The number of anilines is 1. The zero-order valence-corrected chi connectivity index (χ0v) is 17.2. The van der Waals surface area contributed by atoms with Gasteiger partial charge in [0, 0.05) is 39.0 Å². The Bertz CT molecular complexity index is 1060. The van der Waals surface area contributed by atoms with Crippen LogP contribution in [0.25, 0.3) is 5.69 Å². The van der Waals surface area contributed by atoms with Crippen molar-refractivity contribution in [1.82, 2.24) is 24.9 Å². The first kappa shape index (κ1) is 19.5. The van der Waals surface area contributed by atoms with E-state index in [-0.39, 0.29) is 5.75 Å². The van der Waals surface area contributed by atoms with Crippen LogP contribution in [0.15, 0.2) is 54.7 Å². The molecular formula is C20H24N6O2S. The van der Waals surface area contributed by atoms with Gasteiger partial charge < -0.3 is 4.90 Å². The summed E-state index contributed by atoms with van der Waals surface area (Å²) in [7, 11) is -3.09. The third kappa shape index (κ3) is 5.18. The summed E-state index contributed by atoms with van der Waals surface area (Å²) in [6, 6.07) is 15.5. The minimum absolute atomic E-state index is 0.0299. The van der Waals surface area contributed by atoms with Crippen molar-refractivity contribution >= 4 is 15.7 Å². The molecule has 1 saturated heterocycles. The molecule has 3 heterocycles. The normalized spacial score (nSPS) is 15.6. The van der Waals surface area contributed by atoms with Crippen LogP contribution >= 0.6 is 0 Å². The van der Waals surface area contributed by atoms with Crippen molar-refractivity contribution in [3.8, 4) is 5.69 Å². The maximum absolute atomic E-state index is 11.5. The van der Waals surface area contributed by atoms with Crippen molar-refractivity contribution in [2.75, 3.05) is 37.3 Å². The molecule has 8 nitrogen and oxygen atoms in total. The summed E-state index contributed by atoms with van der Waals surface area (Å²) in [6.07, 6.45) is 3.20. The van der Waals surface area contributed by atoms with Gasteiger partial charge in [-0.25, -0.2) is 18.1 Å². The smallest absolute Gasteiger partial charge is 0.153 e. The van der Waals surface area contributed by atoms with E-state index in [4.69, 9.17) is 0 Å². The standard InChI is InChI=1S/C20H24N6O2S/c1-29(27,28)16-17-6-5-9-20(21-17)25-12-10-24(11-13-25)14-18-15-26(23-22-18)19-7-3-2-4-8-19/h2-9,15H,10-14,16H2,1H3. The van der Waals surface area contributed by atoms with Gasteiger partial charge in [-0.15, -0.1) is 5.10 Å². The van der Waals surface area contributed by atoms with Crippen molar-refractivity contribution in [3.05, 3.63) is 66.1 Å². The average Bonchev–Trinajstić information content (AvgIpc) is 3.17. The Labute approximate surface area is 170 Å². The first-order valence-corrected chi connectivity index (χ1v) is 11.6. The zero-order valence-electron chi connectivity index (χ0n) is 16.3. The van der Waals surface area contributed by atoms with Crippen LogP contribution in [0.1, 0.15) is 11.4 Å². The number of piperazine rings is 1. The lowest BCUT2D eigenvalue weighted by Gasteiger charge is -2.35. The van der Waals surface area contributed by atoms with Gasteiger partial charge in [0.2, 0.25) is 0 Å². The molecule has 0 unspecified atom stereocenters. The van der Waals surface area contributed by atoms with E-state index in [0.717, 1.165) is 49.9 Å². The maximum atomic E-state index is 11.5. The molecule has 0 radical (unpaired) electrons. The maximum Gasteiger partial charge on any atom is 0.153 e. The van der Waals surface area contributed by atoms with Crippen molar-refractivity contribution in [1.29, 1.82) is 0 Å². The highest BCUT2D eigenvalue weighted by Gasteiger charge is 2.19. The Morgan fingerprint density at radius 2 is 1.69 bits per heavy atom. The summed E-state index contributed by atoms with van der Waals surface area (Å²) in [5.74, 6) is 0.804. The predicted molar refractivity (Wildman–Crippen MR) is 112 cm³/mol. The lowest BCUT2D eigenvalue weighted by atomic mass is 10.2. The fraction of sp³-hybridized carbons (Fsp3) is 0.350. The monoisotopic (exact) mass is 412 g/mol. The molecule has 0 atom stereocenters. The Morgan fingerprint density at radius 1 is 0.931 bits per heavy atom. The molecule has 9 heteroatoms. The summed E-state index contributed by atoms with van der Waals surface area (Å²) in [6.45, 7) is 4.19. The van der Waals surface area contributed by atoms with Crippen molar-refractivity contribution < 1.29 is 8.42 Å². The van der Waals surface area contributed by atoms with E-state index in [0.29, 0.717) is 5.69 Å². The van der Waals surface area contributed by atoms with Gasteiger partial charge in [-0.1, -0.05) is 29.5 Å². The molecule has 0 N–H and O–H groups in total. The molecule has 0 amide bonds. The second-order valence-electron chi connectivity index (χ2n) is 7.31. The highest BCUT2D eigenvalue weighted by molar-refractivity contribution is 7.89. The summed E-state index contributed by atoms with van der Waals surface area (Å²) < 4.78 is 24.8. The number of sulfone groups is 1. The third-order valence-corrected chi connectivity index (χ3v) is 5.67. The number of pyridine rings is 1. The van der Waals surface area contributed by atoms with Crippen LogP contribution in [0.5, 0.6) is 0 Å². The minimum atomic E-state index is -3.09. The Hall–Kier alpha value is -2.78. The summed E-state index contributed by atoms with van der Waals surface area (Å²) in [5, 5.41) is 8.52. The van der Waals surface area contributed by atoms with Crippen LogP contribution in [0, 0.1) is 0 Å². The van der Waals surface area contributed by atoms with E-state index in [1.807, 2.05) is 48.7 Å². The van der Waals surface area contributed by atoms with Gasteiger partial charge in [-0.2, -0.15) is 0 Å². The highest BCUT2D eigenvalue weighted by atomic mass is 32.2. The largest absolute Gasteiger partial charge is 0.354 e. The molecule has 0 bridgehead atoms. The quantitative estimate of drug-likeness (QED) is 0.607. The first-order valence-electron chi connectivity index (χ1n) is 9.54. The van der Waals surface area contributed by atoms with Crippen molar-refractivity contribution in [2.45, 2.75) is 12.3 Å². The molecule has 1 aliphatic heterocycles. The molecule has 0 saturated carbocycles. The Balaban J connectivity index is 1.34. The SMILES string of the molecule is CS(=O)(=O)Cc1cccc(N2CCN(Cc3cn(-c4ccccc4)nn3)CC2)n1. The van der Waals surface area contributed by atoms with E-state index in [9.17, 15) is 8.42 Å². The van der Waals surface area contributed by atoms with Gasteiger partial charge in [0.05, 0.1) is 29.0 Å². The predicted octanol–water partition coefficient (Wildman–Crippen LogP) is 1.53. The fourth-order valence-electron chi connectivity index (χ4n) is 3.43. The number of aromatic nitrogens is 4. The number of hydrogen-bond donors (Lipinski definition) is 0. The molecule has 152 valence electrons. The number of rotatable bonds is 6. The van der Waals surface area contributed by atoms with Crippen LogP contribution in [-0.2, 0) is 22.1 Å². The van der Waals surface area contributed by atoms with E-state index < -0.39 is 9.84 Å². The van der Waals surface area contributed by atoms with Gasteiger partial charge >= 0.3 is 0 Å². The van der Waals surface area contributed by atoms with Gasteiger partial charge in [-0.3, -0.25) is 4.90 Å². The first-order chi connectivity index (χ1) is 14.0. The highest BCUT2D eigenvalue weighted by Crippen LogP contribution is 2.16. The lowest BCUT2D eigenvalue weighted by Crippen LogP contribution is -2.46. The minimum Gasteiger partial charge on any atom is -0.354 e. The van der Waals surface area contributed by atoms with Crippen LogP contribution in [0.3, 0.4) is 0 Å². The van der Waals surface area contributed by atoms with Gasteiger partial charge in [-0.05, 0) is 24.3 Å². The molecule has 3 aromatic rings. The van der Waals surface area contributed by atoms with Crippen LogP contribution < -0.4 is 4.90 Å². The van der Waals surface area contributed by atoms with Crippen LogP contribution in [0.4, 0.5) is 5.82 Å². The summed E-state index contributed by atoms with van der Waals surface area (Å²) >= 11 is 0. The average molecular weight is 413 g/mol. The van der Waals surface area contributed by atoms with Gasteiger partial charge in [0.25, 0.3) is 0 Å². The molecule has 0 aliphatic carbocycles.